The maximum Gasteiger partial charge on any atom is 0.141 e. The minimum Gasteiger partial charge on any atom is -0.396 e. The molecule has 184 valence electrons. The Morgan fingerprint density at radius 3 is 2.32 bits per heavy atom. The molecular formula is C29H40N2O3. The van der Waals surface area contributed by atoms with E-state index in [1.807, 2.05) is 6.07 Å². The van der Waals surface area contributed by atoms with E-state index in [9.17, 15) is 15.3 Å². The highest BCUT2D eigenvalue weighted by molar-refractivity contribution is 5.45. The number of aliphatic hydroxyl groups is 3. The highest BCUT2D eigenvalue weighted by Gasteiger charge is 2.44. The summed E-state index contributed by atoms with van der Waals surface area (Å²) < 4.78 is 0. The summed E-state index contributed by atoms with van der Waals surface area (Å²) in [6.45, 7) is 8.88. The number of allylic oxidation sites excluding steroid dienone is 3. The van der Waals surface area contributed by atoms with Gasteiger partial charge in [0.25, 0.3) is 0 Å². The Hall–Kier alpha value is -1.94. The van der Waals surface area contributed by atoms with E-state index in [0.717, 1.165) is 51.0 Å². The molecule has 4 aliphatic rings. The Balaban J connectivity index is 1.55. The number of aliphatic hydroxyl groups excluding tert-OH is 2. The largest absolute Gasteiger partial charge is 0.396 e. The molecule has 4 aliphatic heterocycles. The van der Waals surface area contributed by atoms with Crippen molar-refractivity contribution in [2.45, 2.75) is 44.8 Å². The highest BCUT2D eigenvalue weighted by Crippen LogP contribution is 2.35. The van der Waals surface area contributed by atoms with Gasteiger partial charge < -0.3 is 15.3 Å². The Morgan fingerprint density at radius 1 is 1.12 bits per heavy atom. The van der Waals surface area contributed by atoms with Gasteiger partial charge in [-0.25, -0.2) is 0 Å². The smallest absolute Gasteiger partial charge is 0.141 e. The quantitative estimate of drug-likeness (QED) is 0.427. The van der Waals surface area contributed by atoms with Gasteiger partial charge in [-0.3, -0.25) is 9.80 Å². The second kappa shape index (κ2) is 11.2. The minimum atomic E-state index is -0.925. The predicted molar refractivity (Wildman–Crippen MR) is 136 cm³/mol. The molecule has 2 bridgehead atoms. The molecule has 34 heavy (non-hydrogen) atoms. The molecule has 4 fully saturated rings. The molecule has 1 unspecified atom stereocenters. The van der Waals surface area contributed by atoms with Crippen LogP contribution >= 0.6 is 0 Å². The number of benzene rings is 1. The molecule has 1 aromatic carbocycles. The first-order chi connectivity index (χ1) is 16.4. The monoisotopic (exact) mass is 464 g/mol. The minimum absolute atomic E-state index is 0.113. The fourth-order valence-electron chi connectivity index (χ4n) is 5.72. The van der Waals surface area contributed by atoms with Crippen LogP contribution in [0.1, 0.15) is 32.3 Å². The third kappa shape index (κ3) is 5.82. The SMILES string of the molecule is C/C(Cc1ccccc1)=C(C#C[C@@]1(O)CN2CCC1CC2)\C=C/C(C)N1C[C@@H](CO)[C@H](CO)C1. The molecule has 0 spiro atoms. The summed E-state index contributed by atoms with van der Waals surface area (Å²) >= 11 is 0. The number of likely N-dealkylation sites (tertiary alicyclic amines) is 1. The van der Waals surface area contributed by atoms with E-state index in [0.29, 0.717) is 6.54 Å². The summed E-state index contributed by atoms with van der Waals surface area (Å²) in [5, 5.41) is 30.6. The molecule has 4 heterocycles. The van der Waals surface area contributed by atoms with Crippen LogP contribution in [0.3, 0.4) is 0 Å². The van der Waals surface area contributed by atoms with Crippen molar-refractivity contribution >= 4 is 0 Å². The summed E-state index contributed by atoms with van der Waals surface area (Å²) in [4.78, 5) is 4.64. The van der Waals surface area contributed by atoms with E-state index >= 15 is 0 Å². The number of hydrogen-bond donors (Lipinski definition) is 3. The molecule has 4 atom stereocenters. The van der Waals surface area contributed by atoms with Crippen LogP contribution in [0, 0.1) is 29.6 Å². The molecule has 0 saturated carbocycles. The zero-order valence-corrected chi connectivity index (χ0v) is 20.7. The number of rotatable bonds is 7. The Kier molecular flexibility index (Phi) is 8.29. The fraction of sp³-hybridized carbons (Fsp3) is 0.586. The standard InChI is InChI=1S/C29H40N2O3/c1-22(16-24-6-4-3-5-7-24)25(10-13-29(34)21-30-14-11-28(29)12-15-30)9-8-23(2)31-17-26(19-32)27(18-31)20-33/h3-9,23,26-28,32-34H,11-12,14-21H2,1-2H3/b9-8-,25-22-/t23?,26-,27-,29+/m0/s1. The molecule has 1 aromatic rings. The zero-order chi connectivity index (χ0) is 24.1. The highest BCUT2D eigenvalue weighted by atomic mass is 16.3. The van der Waals surface area contributed by atoms with Gasteiger partial charge in [0, 0.05) is 62.2 Å². The van der Waals surface area contributed by atoms with Crippen LogP contribution in [0.2, 0.25) is 0 Å². The van der Waals surface area contributed by atoms with Crippen LogP contribution in [0.15, 0.2) is 53.6 Å². The van der Waals surface area contributed by atoms with Crippen LogP contribution in [-0.4, -0.2) is 82.7 Å². The van der Waals surface area contributed by atoms with Gasteiger partial charge in [0.1, 0.15) is 5.60 Å². The van der Waals surface area contributed by atoms with Crippen molar-refractivity contribution in [1.29, 1.82) is 0 Å². The molecule has 4 saturated heterocycles. The second-order valence-corrected chi connectivity index (χ2v) is 10.5. The first-order valence-electron chi connectivity index (χ1n) is 12.8. The molecule has 0 aromatic heterocycles. The lowest BCUT2D eigenvalue weighted by Gasteiger charge is -2.47. The van der Waals surface area contributed by atoms with Crippen LogP contribution in [0.4, 0.5) is 0 Å². The lowest BCUT2D eigenvalue weighted by atomic mass is 9.75. The molecule has 5 nitrogen and oxygen atoms in total. The predicted octanol–water partition coefficient (Wildman–Crippen LogP) is 2.48. The summed E-state index contributed by atoms with van der Waals surface area (Å²) in [5.74, 6) is 7.20. The van der Waals surface area contributed by atoms with Gasteiger partial charge >= 0.3 is 0 Å². The first-order valence-corrected chi connectivity index (χ1v) is 12.8. The normalized spacial score (nSPS) is 33.0. The van der Waals surface area contributed by atoms with Gasteiger partial charge in [-0.2, -0.15) is 0 Å². The molecule has 3 N–H and O–H groups in total. The summed E-state index contributed by atoms with van der Waals surface area (Å²) in [6.07, 6.45) is 7.15. The van der Waals surface area contributed by atoms with Crippen LogP contribution in [-0.2, 0) is 6.42 Å². The molecule has 5 rings (SSSR count). The van der Waals surface area contributed by atoms with Gasteiger partial charge in [-0.1, -0.05) is 53.8 Å². The van der Waals surface area contributed by atoms with Crippen molar-refractivity contribution in [3.05, 3.63) is 59.2 Å². The summed E-state index contributed by atoms with van der Waals surface area (Å²) in [7, 11) is 0. The van der Waals surface area contributed by atoms with Crippen molar-refractivity contribution in [1.82, 2.24) is 9.80 Å². The van der Waals surface area contributed by atoms with Crippen LogP contribution < -0.4 is 0 Å². The van der Waals surface area contributed by atoms with Gasteiger partial charge in [0.2, 0.25) is 0 Å². The maximum absolute atomic E-state index is 11.3. The Bertz CT molecular complexity index is 927. The Morgan fingerprint density at radius 2 is 1.76 bits per heavy atom. The molecule has 5 heteroatoms. The van der Waals surface area contributed by atoms with Crippen LogP contribution in [0.5, 0.6) is 0 Å². The van der Waals surface area contributed by atoms with Crippen molar-refractivity contribution in [2.24, 2.45) is 17.8 Å². The van der Waals surface area contributed by atoms with E-state index in [4.69, 9.17) is 0 Å². The van der Waals surface area contributed by atoms with Crippen molar-refractivity contribution in [2.75, 3.05) is 45.9 Å². The van der Waals surface area contributed by atoms with E-state index in [-0.39, 0.29) is 37.0 Å². The van der Waals surface area contributed by atoms with Gasteiger partial charge in [0.15, 0.2) is 0 Å². The fourth-order valence-corrected chi connectivity index (χ4v) is 5.72. The molecule has 0 radical (unpaired) electrons. The first kappa shape index (κ1) is 25.2. The third-order valence-electron chi connectivity index (χ3n) is 8.10. The lowest BCUT2D eigenvalue weighted by Crippen LogP contribution is -2.58. The molecular weight excluding hydrogens is 424 g/mol. The Labute approximate surface area is 204 Å². The summed E-state index contributed by atoms with van der Waals surface area (Å²) in [5.41, 5.74) is 2.48. The van der Waals surface area contributed by atoms with Gasteiger partial charge in [-0.15, -0.1) is 0 Å². The van der Waals surface area contributed by atoms with Crippen molar-refractivity contribution in [3.8, 4) is 11.8 Å². The maximum atomic E-state index is 11.3. The molecule has 0 aliphatic carbocycles. The van der Waals surface area contributed by atoms with E-state index < -0.39 is 5.60 Å². The topological polar surface area (TPSA) is 67.2 Å². The van der Waals surface area contributed by atoms with E-state index in [1.54, 1.807) is 0 Å². The third-order valence-corrected chi connectivity index (χ3v) is 8.10. The second-order valence-electron chi connectivity index (χ2n) is 10.5. The number of piperidine rings is 3. The van der Waals surface area contributed by atoms with E-state index in [2.05, 4.69) is 71.9 Å². The summed E-state index contributed by atoms with van der Waals surface area (Å²) in [6, 6.07) is 10.6. The zero-order valence-electron chi connectivity index (χ0n) is 20.7. The van der Waals surface area contributed by atoms with Gasteiger partial charge in [-0.05, 0) is 57.8 Å². The lowest BCUT2D eigenvalue weighted by molar-refractivity contribution is -0.0713. The number of nitrogens with zero attached hydrogens (tertiary/aromatic N) is 2. The number of hydrogen-bond acceptors (Lipinski definition) is 5. The molecule has 0 amide bonds. The number of fused-ring (bicyclic) bond motifs is 3. The average molecular weight is 465 g/mol. The van der Waals surface area contributed by atoms with Crippen molar-refractivity contribution < 1.29 is 15.3 Å². The average Bonchev–Trinajstić information content (AvgIpc) is 3.29. The van der Waals surface area contributed by atoms with Crippen LogP contribution in [0.25, 0.3) is 0 Å². The van der Waals surface area contributed by atoms with Crippen molar-refractivity contribution in [3.63, 3.8) is 0 Å². The van der Waals surface area contributed by atoms with E-state index in [1.165, 1.54) is 11.1 Å². The van der Waals surface area contributed by atoms with Gasteiger partial charge in [0.05, 0.1) is 0 Å².